The summed E-state index contributed by atoms with van der Waals surface area (Å²) < 4.78 is 5.17. The number of benzene rings is 1. The topological polar surface area (TPSA) is 43.4 Å². The zero-order valence-corrected chi connectivity index (χ0v) is 10.9. The molecule has 0 amide bonds. The molecule has 0 fully saturated rings. The zero-order chi connectivity index (χ0) is 10.4. The minimum Gasteiger partial charge on any atom is -1.00 e. The average molecular weight is 234 g/mol. The number of ether oxygens (including phenoxy) is 1. The smallest absolute Gasteiger partial charge is 1.00 e. The fraction of sp³-hybridized carbons (Fsp3) is 0.273. The molecule has 1 aromatic rings. The van der Waals surface area contributed by atoms with E-state index in [2.05, 4.69) is 0 Å². The number of carbonyl (C=O) groups excluding carboxylic acids is 2. The van der Waals surface area contributed by atoms with Gasteiger partial charge in [0.1, 0.15) is 18.1 Å². The summed E-state index contributed by atoms with van der Waals surface area (Å²) in [6.45, 7) is 1.35. The molecular formula is C11H14CaO3. The third kappa shape index (κ3) is 6.66. The predicted molar refractivity (Wildman–Crippen MR) is 60.2 cm³/mol. The maximum atomic E-state index is 11.1. The van der Waals surface area contributed by atoms with Gasteiger partial charge in [0, 0.05) is 0 Å². The number of hydrogen-bond donors (Lipinski definition) is 0. The van der Waals surface area contributed by atoms with Gasteiger partial charge in [-0.05, 0) is 19.1 Å². The van der Waals surface area contributed by atoms with Crippen LogP contribution in [0, 0.1) is 0 Å². The fourth-order valence-electron chi connectivity index (χ4n) is 1.01. The Morgan fingerprint density at radius 3 is 2.40 bits per heavy atom. The van der Waals surface area contributed by atoms with Gasteiger partial charge in [-0.1, -0.05) is 18.2 Å². The van der Waals surface area contributed by atoms with Gasteiger partial charge in [-0.25, -0.2) is 0 Å². The molecule has 78 valence electrons. The molecule has 15 heavy (non-hydrogen) atoms. The van der Waals surface area contributed by atoms with E-state index in [1.54, 1.807) is 12.1 Å². The van der Waals surface area contributed by atoms with Crippen molar-refractivity contribution in [2.24, 2.45) is 0 Å². The molecule has 0 heterocycles. The van der Waals surface area contributed by atoms with E-state index in [4.69, 9.17) is 4.74 Å². The first-order chi connectivity index (χ1) is 6.68. The normalized spacial score (nSPS) is 8.87. The Labute approximate surface area is 122 Å². The van der Waals surface area contributed by atoms with E-state index >= 15 is 0 Å². The predicted octanol–water partition coefficient (Wildman–Crippen LogP) is 1.46. The van der Waals surface area contributed by atoms with E-state index in [0.717, 1.165) is 0 Å². The third-order valence-electron chi connectivity index (χ3n) is 1.59. The van der Waals surface area contributed by atoms with Crippen molar-refractivity contribution in [1.29, 1.82) is 0 Å². The molecule has 0 aliphatic carbocycles. The summed E-state index contributed by atoms with van der Waals surface area (Å²) in [5, 5.41) is 0. The maximum absolute atomic E-state index is 11.1. The molecule has 0 aliphatic rings. The van der Waals surface area contributed by atoms with Gasteiger partial charge in [-0.2, -0.15) is 0 Å². The van der Waals surface area contributed by atoms with Gasteiger partial charge in [0.05, 0.1) is 6.42 Å². The van der Waals surface area contributed by atoms with Gasteiger partial charge >= 0.3 is 37.7 Å². The van der Waals surface area contributed by atoms with Crippen LogP contribution in [-0.2, 0) is 9.59 Å². The number of Topliss-reactive ketones (excluding diaryl/α,β-unsaturated/α-hetero) is 2. The van der Waals surface area contributed by atoms with E-state index in [9.17, 15) is 9.59 Å². The molecule has 4 heteroatoms. The standard InChI is InChI=1S/C11H12O3.Ca.2H/c1-9(12)7-10(13)8-14-11-5-3-2-4-6-11;;;/h2-6H,7-8H2,1H3;;;/q;+2;2*-1. The Morgan fingerprint density at radius 2 is 1.87 bits per heavy atom. The number of ketones is 2. The summed E-state index contributed by atoms with van der Waals surface area (Å²) in [6.07, 6.45) is -0.0488. The largest absolute Gasteiger partial charge is 2.00 e. The Hall–Kier alpha value is -0.380. The van der Waals surface area contributed by atoms with Crippen molar-refractivity contribution >= 4 is 49.3 Å². The van der Waals surface area contributed by atoms with Crippen LogP contribution in [0.15, 0.2) is 30.3 Å². The van der Waals surface area contributed by atoms with Crippen molar-refractivity contribution in [3.05, 3.63) is 30.3 Å². The Kier molecular flexibility index (Phi) is 7.65. The molecule has 0 bridgehead atoms. The first-order valence-electron chi connectivity index (χ1n) is 4.37. The molecule has 0 N–H and O–H groups in total. The Morgan fingerprint density at radius 1 is 1.27 bits per heavy atom. The third-order valence-corrected chi connectivity index (χ3v) is 1.59. The fourth-order valence-corrected chi connectivity index (χ4v) is 1.01. The van der Waals surface area contributed by atoms with Gasteiger partial charge in [0.25, 0.3) is 0 Å². The molecular weight excluding hydrogens is 220 g/mol. The summed E-state index contributed by atoms with van der Waals surface area (Å²) in [4.78, 5) is 21.7. The molecule has 3 nitrogen and oxygen atoms in total. The second-order valence-corrected chi connectivity index (χ2v) is 3.02. The van der Waals surface area contributed by atoms with Crippen LogP contribution in [0.25, 0.3) is 0 Å². The van der Waals surface area contributed by atoms with Gasteiger partial charge in [-0.3, -0.25) is 9.59 Å². The molecule has 0 radical (unpaired) electrons. The van der Waals surface area contributed by atoms with E-state index in [1.807, 2.05) is 18.2 Å². The minimum absolute atomic E-state index is 0. The van der Waals surface area contributed by atoms with Gasteiger partial charge in [-0.15, -0.1) is 0 Å². The number of para-hydroxylation sites is 1. The summed E-state index contributed by atoms with van der Waals surface area (Å²) in [7, 11) is 0. The van der Waals surface area contributed by atoms with Crippen LogP contribution in [-0.4, -0.2) is 55.9 Å². The average Bonchev–Trinajstić information content (AvgIpc) is 2.15. The molecule has 0 unspecified atom stereocenters. The second-order valence-electron chi connectivity index (χ2n) is 3.02. The molecule has 0 aliphatic heterocycles. The van der Waals surface area contributed by atoms with Gasteiger partial charge < -0.3 is 7.59 Å². The van der Waals surface area contributed by atoms with Crippen molar-refractivity contribution in [1.82, 2.24) is 0 Å². The Bertz CT molecular complexity index is 331. The zero-order valence-electron chi connectivity index (χ0n) is 10.7. The van der Waals surface area contributed by atoms with Gasteiger partial charge in [0.2, 0.25) is 0 Å². The number of rotatable bonds is 5. The quantitative estimate of drug-likeness (QED) is 0.572. The summed E-state index contributed by atoms with van der Waals surface area (Å²) in [5.41, 5.74) is 0. The molecule has 0 aromatic heterocycles. The SMILES string of the molecule is CC(=O)CC(=O)COc1ccccc1.[Ca+2].[H-].[H-]. The molecule has 1 aromatic carbocycles. The van der Waals surface area contributed by atoms with Crippen LogP contribution >= 0.6 is 0 Å². The summed E-state index contributed by atoms with van der Waals surface area (Å²) in [6, 6.07) is 9.04. The second kappa shape index (κ2) is 7.85. The molecule has 0 saturated carbocycles. The van der Waals surface area contributed by atoms with Crippen molar-refractivity contribution < 1.29 is 17.2 Å². The van der Waals surface area contributed by atoms with E-state index in [-0.39, 0.29) is 65.2 Å². The summed E-state index contributed by atoms with van der Waals surface area (Å²) in [5.74, 6) is 0.317. The first kappa shape index (κ1) is 14.6. The summed E-state index contributed by atoms with van der Waals surface area (Å²) >= 11 is 0. The van der Waals surface area contributed by atoms with Crippen LogP contribution in [0.5, 0.6) is 5.75 Å². The van der Waals surface area contributed by atoms with E-state index in [0.29, 0.717) is 5.75 Å². The van der Waals surface area contributed by atoms with Crippen LogP contribution < -0.4 is 4.74 Å². The molecule has 0 spiro atoms. The van der Waals surface area contributed by atoms with Crippen LogP contribution in [0.4, 0.5) is 0 Å². The minimum atomic E-state index is -0.193. The molecule has 0 saturated heterocycles. The van der Waals surface area contributed by atoms with Gasteiger partial charge in [0.15, 0.2) is 5.78 Å². The Balaban J connectivity index is -0.000000653. The molecule has 1 rings (SSSR count). The maximum Gasteiger partial charge on any atom is 2.00 e. The van der Waals surface area contributed by atoms with Crippen LogP contribution in [0.1, 0.15) is 16.2 Å². The first-order valence-corrected chi connectivity index (χ1v) is 4.37. The van der Waals surface area contributed by atoms with Crippen LogP contribution in [0.3, 0.4) is 0 Å². The molecule has 0 atom stereocenters. The monoisotopic (exact) mass is 234 g/mol. The van der Waals surface area contributed by atoms with Crippen molar-refractivity contribution in [2.75, 3.05) is 6.61 Å². The van der Waals surface area contributed by atoms with Crippen LogP contribution in [0.2, 0.25) is 0 Å². The number of carbonyl (C=O) groups is 2. The van der Waals surface area contributed by atoms with E-state index in [1.165, 1.54) is 6.92 Å². The van der Waals surface area contributed by atoms with Crippen molar-refractivity contribution in [2.45, 2.75) is 13.3 Å². The van der Waals surface area contributed by atoms with Crippen molar-refractivity contribution in [3.63, 3.8) is 0 Å². The van der Waals surface area contributed by atoms with E-state index < -0.39 is 0 Å². The number of hydrogen-bond acceptors (Lipinski definition) is 3. The van der Waals surface area contributed by atoms with Crippen molar-refractivity contribution in [3.8, 4) is 5.75 Å².